The zero-order valence-corrected chi connectivity index (χ0v) is 18.4. The van der Waals surface area contributed by atoms with Crippen molar-refractivity contribution in [1.82, 2.24) is 4.98 Å². The average molecular weight is 462 g/mol. The predicted molar refractivity (Wildman–Crippen MR) is 121 cm³/mol. The van der Waals surface area contributed by atoms with E-state index in [1.54, 1.807) is 18.2 Å². The molecule has 3 rings (SSSR count). The number of methoxy groups -OCH3 is 2. The van der Waals surface area contributed by atoms with Gasteiger partial charge in [0.15, 0.2) is 5.13 Å². The molecular formula is C21H20FN3O4S2. The van der Waals surface area contributed by atoms with E-state index in [2.05, 4.69) is 15.6 Å². The molecule has 0 unspecified atom stereocenters. The second kappa shape index (κ2) is 10.8. The average Bonchev–Trinajstić information content (AvgIpc) is 3.21. The van der Waals surface area contributed by atoms with Gasteiger partial charge in [-0.3, -0.25) is 14.9 Å². The summed E-state index contributed by atoms with van der Waals surface area (Å²) in [5.74, 6) is 0.580. The van der Waals surface area contributed by atoms with Crippen molar-refractivity contribution >= 4 is 45.7 Å². The van der Waals surface area contributed by atoms with Crippen molar-refractivity contribution in [2.45, 2.75) is 5.75 Å². The number of rotatable bonds is 9. The molecule has 2 N–H and O–H groups in total. The van der Waals surface area contributed by atoms with Crippen LogP contribution in [0.3, 0.4) is 0 Å². The molecule has 0 atom stereocenters. The number of benzene rings is 2. The van der Waals surface area contributed by atoms with Gasteiger partial charge in [0.25, 0.3) is 5.91 Å². The maximum absolute atomic E-state index is 12.9. The van der Waals surface area contributed by atoms with Crippen LogP contribution < -0.4 is 20.1 Å². The Kier molecular flexibility index (Phi) is 7.85. The summed E-state index contributed by atoms with van der Waals surface area (Å²) in [5.41, 5.74) is 1.57. The fraction of sp³-hybridized carbons (Fsp3) is 0.190. The number of anilines is 2. The summed E-state index contributed by atoms with van der Waals surface area (Å²) in [5, 5.41) is 7.71. The first-order valence-corrected chi connectivity index (χ1v) is 11.1. The molecule has 0 saturated heterocycles. The molecule has 0 aliphatic heterocycles. The summed E-state index contributed by atoms with van der Waals surface area (Å²) in [7, 11) is 2.97. The number of nitrogens with zero attached hydrogens (tertiary/aromatic N) is 1. The van der Waals surface area contributed by atoms with Gasteiger partial charge < -0.3 is 14.8 Å². The molecule has 2 amide bonds. The number of amides is 2. The third-order valence-corrected chi connectivity index (χ3v) is 5.81. The Bertz CT molecular complexity index is 1030. The summed E-state index contributed by atoms with van der Waals surface area (Å²) in [6, 6.07) is 10.7. The number of hydrogen-bond acceptors (Lipinski definition) is 7. The van der Waals surface area contributed by atoms with E-state index in [0.717, 1.165) is 5.69 Å². The highest BCUT2D eigenvalue weighted by Gasteiger charge is 2.19. The van der Waals surface area contributed by atoms with Crippen molar-refractivity contribution in [3.63, 3.8) is 0 Å². The number of carbonyl (C=O) groups is 2. The van der Waals surface area contributed by atoms with E-state index in [1.807, 2.05) is 5.38 Å². The molecule has 162 valence electrons. The molecule has 31 heavy (non-hydrogen) atoms. The van der Waals surface area contributed by atoms with Gasteiger partial charge in [0, 0.05) is 16.8 Å². The summed E-state index contributed by atoms with van der Waals surface area (Å²) in [6.07, 6.45) is 0. The van der Waals surface area contributed by atoms with Crippen LogP contribution in [0.15, 0.2) is 47.8 Å². The fourth-order valence-electron chi connectivity index (χ4n) is 2.64. The van der Waals surface area contributed by atoms with E-state index in [9.17, 15) is 14.0 Å². The molecule has 0 saturated carbocycles. The van der Waals surface area contributed by atoms with Crippen LogP contribution >= 0.6 is 23.1 Å². The van der Waals surface area contributed by atoms with Crippen molar-refractivity contribution in [2.75, 3.05) is 30.6 Å². The van der Waals surface area contributed by atoms with Crippen LogP contribution in [0.1, 0.15) is 16.1 Å². The lowest BCUT2D eigenvalue weighted by molar-refractivity contribution is -0.113. The number of ether oxygens (including phenoxy) is 2. The molecule has 0 spiro atoms. The van der Waals surface area contributed by atoms with Crippen LogP contribution in [0.2, 0.25) is 0 Å². The summed E-state index contributed by atoms with van der Waals surface area (Å²) in [6.45, 7) is 0. The number of aromatic nitrogens is 1. The first-order valence-electron chi connectivity index (χ1n) is 9.10. The van der Waals surface area contributed by atoms with Crippen molar-refractivity contribution in [1.29, 1.82) is 0 Å². The third-order valence-electron chi connectivity index (χ3n) is 4.04. The molecule has 0 fully saturated rings. The van der Waals surface area contributed by atoms with Crippen LogP contribution in [0, 0.1) is 5.82 Å². The van der Waals surface area contributed by atoms with E-state index in [0.29, 0.717) is 28.1 Å². The molecule has 2 aromatic carbocycles. The minimum Gasteiger partial charge on any atom is -0.496 e. The molecule has 10 heteroatoms. The largest absolute Gasteiger partial charge is 0.496 e. The number of thiazole rings is 1. The summed E-state index contributed by atoms with van der Waals surface area (Å²) < 4.78 is 23.4. The highest BCUT2D eigenvalue weighted by Crippen LogP contribution is 2.29. The Morgan fingerprint density at radius 2 is 1.74 bits per heavy atom. The molecule has 0 aliphatic carbocycles. The molecule has 3 aromatic rings. The lowest BCUT2D eigenvalue weighted by Gasteiger charge is -2.11. The van der Waals surface area contributed by atoms with Crippen molar-refractivity contribution < 1.29 is 23.5 Å². The van der Waals surface area contributed by atoms with E-state index in [-0.39, 0.29) is 28.9 Å². The van der Waals surface area contributed by atoms with Gasteiger partial charge in [-0.1, -0.05) is 6.07 Å². The van der Waals surface area contributed by atoms with Gasteiger partial charge in [-0.05, 0) is 36.4 Å². The minimum atomic E-state index is -0.387. The maximum atomic E-state index is 12.9. The highest BCUT2D eigenvalue weighted by atomic mass is 32.2. The number of halogens is 1. The second-order valence-corrected chi connectivity index (χ2v) is 8.03. The molecule has 1 heterocycles. The Balaban J connectivity index is 1.52. The normalized spacial score (nSPS) is 10.4. The maximum Gasteiger partial charge on any atom is 0.265 e. The molecule has 0 radical (unpaired) electrons. The first-order chi connectivity index (χ1) is 15.0. The fourth-order valence-corrected chi connectivity index (χ4v) is 4.17. The van der Waals surface area contributed by atoms with E-state index in [1.165, 1.54) is 61.6 Å². The van der Waals surface area contributed by atoms with Crippen LogP contribution in [-0.2, 0) is 10.5 Å². The zero-order valence-electron chi connectivity index (χ0n) is 16.8. The number of thioether (sulfide) groups is 1. The Morgan fingerprint density at radius 3 is 2.39 bits per heavy atom. The number of nitrogens with one attached hydrogen (secondary N) is 2. The summed E-state index contributed by atoms with van der Waals surface area (Å²) in [4.78, 5) is 29.1. The quantitative estimate of drug-likeness (QED) is 0.490. The van der Waals surface area contributed by atoms with Crippen LogP contribution in [0.25, 0.3) is 0 Å². The van der Waals surface area contributed by atoms with Gasteiger partial charge in [-0.25, -0.2) is 9.37 Å². The zero-order chi connectivity index (χ0) is 22.2. The Labute approximate surface area is 187 Å². The van der Waals surface area contributed by atoms with Gasteiger partial charge in [0.1, 0.15) is 22.9 Å². The van der Waals surface area contributed by atoms with Crippen LogP contribution in [0.5, 0.6) is 11.5 Å². The highest BCUT2D eigenvalue weighted by molar-refractivity contribution is 7.99. The van der Waals surface area contributed by atoms with Crippen molar-refractivity contribution in [2.24, 2.45) is 0 Å². The van der Waals surface area contributed by atoms with Gasteiger partial charge in [-0.2, -0.15) is 0 Å². The van der Waals surface area contributed by atoms with Crippen molar-refractivity contribution in [3.05, 3.63) is 64.9 Å². The second-order valence-electron chi connectivity index (χ2n) is 6.18. The lowest BCUT2D eigenvalue weighted by atomic mass is 10.1. The van der Waals surface area contributed by atoms with Gasteiger partial charge in [0.05, 0.1) is 25.7 Å². The van der Waals surface area contributed by atoms with Gasteiger partial charge in [0.2, 0.25) is 5.91 Å². The first kappa shape index (κ1) is 22.6. The molecule has 0 bridgehead atoms. The van der Waals surface area contributed by atoms with E-state index in [4.69, 9.17) is 9.47 Å². The molecule has 7 nitrogen and oxygen atoms in total. The van der Waals surface area contributed by atoms with E-state index >= 15 is 0 Å². The van der Waals surface area contributed by atoms with Crippen LogP contribution in [0.4, 0.5) is 15.2 Å². The monoisotopic (exact) mass is 461 g/mol. The molecule has 1 aromatic heterocycles. The van der Waals surface area contributed by atoms with Crippen molar-refractivity contribution in [3.8, 4) is 11.5 Å². The molecular weight excluding hydrogens is 441 g/mol. The molecule has 0 aliphatic rings. The predicted octanol–water partition coefficient (Wildman–Crippen LogP) is 4.42. The number of hydrogen-bond donors (Lipinski definition) is 2. The third kappa shape index (κ3) is 6.19. The minimum absolute atomic E-state index is 0.191. The Hall–Kier alpha value is -3.11. The van der Waals surface area contributed by atoms with Crippen LogP contribution in [-0.4, -0.2) is 36.8 Å². The topological polar surface area (TPSA) is 89.6 Å². The number of carbonyl (C=O) groups excluding carboxylic acids is 2. The summed E-state index contributed by atoms with van der Waals surface area (Å²) >= 11 is 2.67. The van der Waals surface area contributed by atoms with E-state index < -0.39 is 0 Å². The standard InChI is InChI=1S/C21H20FN3O4S2/c1-28-16-4-3-5-17(29-2)19(16)20(27)25-21-24-15(11-31-21)10-30-12-18(26)23-14-8-6-13(22)7-9-14/h3-9,11H,10,12H2,1-2H3,(H,23,26)(H,24,25,27). The Morgan fingerprint density at radius 1 is 1.06 bits per heavy atom. The van der Waals surface area contributed by atoms with Gasteiger partial charge >= 0.3 is 0 Å². The SMILES string of the molecule is COc1cccc(OC)c1C(=O)Nc1nc(CSCC(=O)Nc2ccc(F)cc2)cs1. The smallest absolute Gasteiger partial charge is 0.265 e. The van der Waals surface area contributed by atoms with Gasteiger partial charge in [-0.15, -0.1) is 23.1 Å². The lowest BCUT2D eigenvalue weighted by Crippen LogP contribution is -2.14.